The van der Waals surface area contributed by atoms with E-state index in [2.05, 4.69) is 26.3 Å². The topological polar surface area (TPSA) is 93.7 Å². The minimum absolute atomic E-state index is 0.0948. The van der Waals surface area contributed by atoms with E-state index in [1.807, 2.05) is 30.3 Å². The SMILES string of the molecule is COC(=O)c1ccc2c(c1)N(c1ncc(-c3ccccc3F)cn1)CC21CCC1.COC(=O)c1ccc2c(c1)NCC21CCC1. The molecule has 8 nitrogen and oxygen atoms in total. The standard InChI is InChI=1S/C23H20FN3O2.C13H15NO2/c1-29-21(28)15-7-8-18-20(11-15)27(14-23(18)9-4-10-23)22-25-12-16(13-26-22)17-5-2-3-6-19(17)24;1-16-12(15)9-3-4-10-11(7-9)14-8-13(10)5-2-6-13/h2-3,5-8,11-13H,4,9-10,14H2,1H3;3-4,7,14H,2,5-6,8H2,1H3. The van der Waals surface area contributed by atoms with E-state index in [-0.39, 0.29) is 23.2 Å². The lowest BCUT2D eigenvalue weighted by Crippen LogP contribution is -2.38. The molecule has 0 unspecified atom stereocenters. The van der Waals surface area contributed by atoms with E-state index in [1.165, 1.54) is 57.1 Å². The largest absolute Gasteiger partial charge is 0.465 e. The summed E-state index contributed by atoms with van der Waals surface area (Å²) in [5.74, 6) is -0.374. The minimum Gasteiger partial charge on any atom is -0.465 e. The molecule has 3 aromatic carbocycles. The molecule has 1 aromatic heterocycles. The van der Waals surface area contributed by atoms with Crippen LogP contribution in [-0.2, 0) is 20.3 Å². The van der Waals surface area contributed by atoms with E-state index >= 15 is 0 Å². The van der Waals surface area contributed by atoms with Gasteiger partial charge in [-0.3, -0.25) is 0 Å². The average molecular weight is 607 g/mol. The van der Waals surface area contributed by atoms with Crippen molar-refractivity contribution in [1.82, 2.24) is 9.97 Å². The first kappa shape index (κ1) is 29.0. The Hall–Kier alpha value is -4.79. The molecule has 0 atom stereocenters. The van der Waals surface area contributed by atoms with Crippen molar-refractivity contribution in [3.63, 3.8) is 0 Å². The van der Waals surface area contributed by atoms with Gasteiger partial charge in [0.25, 0.3) is 0 Å². The van der Waals surface area contributed by atoms with Crippen molar-refractivity contribution in [3.8, 4) is 11.1 Å². The monoisotopic (exact) mass is 606 g/mol. The summed E-state index contributed by atoms with van der Waals surface area (Å²) >= 11 is 0. The zero-order valence-corrected chi connectivity index (χ0v) is 25.4. The first-order chi connectivity index (χ1) is 21.9. The van der Waals surface area contributed by atoms with Crippen LogP contribution in [-0.4, -0.2) is 49.2 Å². The van der Waals surface area contributed by atoms with Gasteiger partial charge in [-0.25, -0.2) is 23.9 Å². The third kappa shape index (κ3) is 4.90. The third-order valence-corrected chi connectivity index (χ3v) is 10.1. The fourth-order valence-electron chi connectivity index (χ4n) is 7.23. The number of fused-ring (bicyclic) bond motifs is 4. The van der Waals surface area contributed by atoms with Gasteiger partial charge in [0, 0.05) is 58.8 Å². The quantitative estimate of drug-likeness (QED) is 0.249. The maximum absolute atomic E-state index is 14.1. The van der Waals surface area contributed by atoms with Crippen LogP contribution in [0.25, 0.3) is 11.1 Å². The highest BCUT2D eigenvalue weighted by Crippen LogP contribution is 2.54. The number of halogens is 1. The molecule has 0 radical (unpaired) electrons. The minimum atomic E-state index is -0.363. The molecule has 0 bridgehead atoms. The summed E-state index contributed by atoms with van der Waals surface area (Å²) in [6.45, 7) is 1.80. The van der Waals surface area contributed by atoms with Gasteiger partial charge in [-0.1, -0.05) is 43.2 Å². The predicted octanol–water partition coefficient (Wildman–Crippen LogP) is 6.96. The Morgan fingerprint density at radius 3 is 2.04 bits per heavy atom. The molecule has 2 aliphatic heterocycles. The van der Waals surface area contributed by atoms with Crippen molar-refractivity contribution >= 4 is 29.3 Å². The van der Waals surface area contributed by atoms with Crippen LogP contribution >= 0.6 is 0 Å². The molecule has 2 fully saturated rings. The molecule has 9 heteroatoms. The zero-order chi connectivity index (χ0) is 31.2. The summed E-state index contributed by atoms with van der Waals surface area (Å²) < 4.78 is 23.7. The van der Waals surface area contributed by atoms with Crippen molar-refractivity contribution in [3.05, 3.63) is 101 Å². The summed E-state index contributed by atoms with van der Waals surface area (Å²) in [5, 5.41) is 3.40. The number of aromatic nitrogens is 2. The maximum Gasteiger partial charge on any atom is 0.337 e. The summed E-state index contributed by atoms with van der Waals surface area (Å²) in [5.41, 5.74) is 7.39. The van der Waals surface area contributed by atoms with Crippen LogP contribution in [0.3, 0.4) is 0 Å². The van der Waals surface area contributed by atoms with Crippen LogP contribution in [0.1, 0.15) is 70.4 Å². The Morgan fingerprint density at radius 1 is 0.822 bits per heavy atom. The molecule has 0 saturated heterocycles. The Bertz CT molecular complexity index is 1780. The molecular weight excluding hydrogens is 571 g/mol. The van der Waals surface area contributed by atoms with Gasteiger partial charge in [0.2, 0.25) is 5.95 Å². The highest BCUT2D eigenvalue weighted by molar-refractivity contribution is 5.92. The number of carbonyl (C=O) groups excluding carboxylic acids is 2. The van der Waals surface area contributed by atoms with Crippen molar-refractivity contribution < 1.29 is 23.5 Å². The Balaban J connectivity index is 0.000000171. The van der Waals surface area contributed by atoms with Gasteiger partial charge in [-0.15, -0.1) is 0 Å². The number of rotatable bonds is 4. The molecule has 2 spiro atoms. The molecule has 45 heavy (non-hydrogen) atoms. The zero-order valence-electron chi connectivity index (χ0n) is 25.4. The van der Waals surface area contributed by atoms with Gasteiger partial charge in [0.05, 0.1) is 25.3 Å². The van der Waals surface area contributed by atoms with Crippen molar-refractivity contribution in [2.24, 2.45) is 0 Å². The van der Waals surface area contributed by atoms with Crippen LogP contribution in [0.2, 0.25) is 0 Å². The van der Waals surface area contributed by atoms with Crippen molar-refractivity contribution in [1.29, 1.82) is 0 Å². The van der Waals surface area contributed by atoms with Crippen LogP contribution in [0.5, 0.6) is 0 Å². The molecule has 8 rings (SSSR count). The summed E-state index contributed by atoms with van der Waals surface area (Å²) in [7, 11) is 2.79. The van der Waals surface area contributed by atoms with E-state index in [1.54, 1.807) is 30.6 Å². The number of benzene rings is 3. The maximum atomic E-state index is 14.1. The number of nitrogens with one attached hydrogen (secondary N) is 1. The molecule has 4 aliphatic rings. The second kappa shape index (κ2) is 11.3. The number of ether oxygens (including phenoxy) is 2. The van der Waals surface area contributed by atoms with Gasteiger partial charge in [-0.2, -0.15) is 0 Å². The number of carbonyl (C=O) groups is 2. The third-order valence-electron chi connectivity index (χ3n) is 10.1. The second-order valence-corrected chi connectivity index (χ2v) is 12.4. The smallest absolute Gasteiger partial charge is 0.337 e. The molecule has 0 amide bonds. The lowest BCUT2D eigenvalue weighted by Gasteiger charge is -2.39. The first-order valence-electron chi connectivity index (χ1n) is 15.4. The fourth-order valence-corrected chi connectivity index (χ4v) is 7.23. The lowest BCUT2D eigenvalue weighted by molar-refractivity contribution is 0.0592. The number of anilines is 3. The van der Waals surface area contributed by atoms with Gasteiger partial charge >= 0.3 is 11.9 Å². The number of hydrogen-bond acceptors (Lipinski definition) is 8. The normalized spacial score (nSPS) is 17.6. The lowest BCUT2D eigenvalue weighted by atomic mass is 9.66. The van der Waals surface area contributed by atoms with Crippen LogP contribution in [0, 0.1) is 5.82 Å². The Labute approximate surface area is 261 Å². The summed E-state index contributed by atoms with van der Waals surface area (Å²) in [4.78, 5) is 34.6. The van der Waals surface area contributed by atoms with Gasteiger partial charge in [0.15, 0.2) is 0 Å². The van der Waals surface area contributed by atoms with Crippen LogP contribution < -0.4 is 10.2 Å². The van der Waals surface area contributed by atoms with Gasteiger partial charge in [0.1, 0.15) is 5.82 Å². The molecule has 3 heterocycles. The number of esters is 2. The van der Waals surface area contributed by atoms with E-state index in [9.17, 15) is 14.0 Å². The van der Waals surface area contributed by atoms with Gasteiger partial charge < -0.3 is 19.7 Å². The van der Waals surface area contributed by atoms with E-state index < -0.39 is 0 Å². The highest BCUT2D eigenvalue weighted by atomic mass is 19.1. The fraction of sp³-hybridized carbons (Fsp3) is 0.333. The molecule has 230 valence electrons. The average Bonchev–Trinajstić information content (AvgIpc) is 3.61. The van der Waals surface area contributed by atoms with E-state index in [0.717, 1.165) is 37.3 Å². The Morgan fingerprint density at radius 2 is 1.44 bits per heavy atom. The summed E-state index contributed by atoms with van der Waals surface area (Å²) in [6, 6.07) is 18.2. The molecule has 2 saturated carbocycles. The van der Waals surface area contributed by atoms with E-state index in [0.29, 0.717) is 33.6 Å². The summed E-state index contributed by atoms with van der Waals surface area (Å²) in [6.07, 6.45) is 10.6. The number of nitrogens with zero attached hydrogens (tertiary/aromatic N) is 3. The number of hydrogen-bond donors (Lipinski definition) is 1. The number of methoxy groups -OCH3 is 2. The van der Waals surface area contributed by atoms with Crippen molar-refractivity contribution in [2.75, 3.05) is 37.5 Å². The van der Waals surface area contributed by atoms with Crippen molar-refractivity contribution in [2.45, 2.75) is 49.4 Å². The molecule has 4 aromatic rings. The predicted molar refractivity (Wildman–Crippen MR) is 170 cm³/mol. The second-order valence-electron chi connectivity index (χ2n) is 12.4. The van der Waals surface area contributed by atoms with Gasteiger partial charge in [-0.05, 0) is 67.1 Å². The first-order valence-corrected chi connectivity index (χ1v) is 15.4. The van der Waals surface area contributed by atoms with E-state index in [4.69, 9.17) is 9.47 Å². The molecule has 2 aliphatic carbocycles. The highest BCUT2D eigenvalue weighted by Gasteiger charge is 2.48. The van der Waals surface area contributed by atoms with Crippen LogP contribution in [0.4, 0.5) is 21.7 Å². The molecule has 1 N–H and O–H groups in total. The van der Waals surface area contributed by atoms with Crippen LogP contribution in [0.15, 0.2) is 73.1 Å². The molecular formula is C36H35FN4O4. The Kier molecular flexibility index (Phi) is 7.26.